The zero-order valence-corrected chi connectivity index (χ0v) is 12.1. The fraction of sp³-hybridized carbons (Fsp3) is 0.0588. The summed E-state index contributed by atoms with van der Waals surface area (Å²) in [5, 5.41) is 12.6. The Hall–Kier alpha value is -1.54. The molecule has 0 aliphatic carbocycles. The van der Waals surface area contributed by atoms with Gasteiger partial charge in [0.1, 0.15) is 0 Å². The average Bonchev–Trinajstić information content (AvgIpc) is 2.46. The molecule has 0 amide bonds. The first-order chi connectivity index (χ1) is 9.69. The summed E-state index contributed by atoms with van der Waals surface area (Å²) in [6.45, 7) is 0.0496. The number of aliphatic hydroxyl groups excluding tert-OH is 1. The second-order valence-corrected chi connectivity index (χ2v) is 5.47. The molecule has 0 aromatic heterocycles. The summed E-state index contributed by atoms with van der Waals surface area (Å²) in [6.07, 6.45) is 0. The van der Waals surface area contributed by atoms with E-state index in [0.29, 0.717) is 10.0 Å². The van der Waals surface area contributed by atoms with Gasteiger partial charge in [-0.1, -0.05) is 53.5 Å². The fourth-order valence-corrected chi connectivity index (χ4v) is 2.94. The fourth-order valence-electron chi connectivity index (χ4n) is 2.32. The minimum Gasteiger partial charge on any atom is -0.392 e. The Labute approximate surface area is 127 Å². The van der Waals surface area contributed by atoms with Gasteiger partial charge < -0.3 is 5.11 Å². The number of aliphatic hydroxyl groups is 1. The van der Waals surface area contributed by atoms with Gasteiger partial charge in [0.15, 0.2) is 0 Å². The summed E-state index contributed by atoms with van der Waals surface area (Å²) >= 11 is 12.5. The van der Waals surface area contributed by atoms with Crippen LogP contribution in [0.25, 0.3) is 21.9 Å². The van der Waals surface area contributed by atoms with Gasteiger partial charge in [-0.25, -0.2) is 0 Å². The molecule has 100 valence electrons. The van der Waals surface area contributed by atoms with E-state index in [9.17, 15) is 0 Å². The number of hydrogen-bond donors (Lipinski definition) is 1. The van der Waals surface area contributed by atoms with Crippen LogP contribution in [0.1, 0.15) is 5.56 Å². The van der Waals surface area contributed by atoms with Gasteiger partial charge in [0.05, 0.1) is 6.61 Å². The molecule has 0 bridgehead atoms. The maximum atomic E-state index is 9.17. The molecule has 0 fully saturated rings. The van der Waals surface area contributed by atoms with E-state index in [0.717, 1.165) is 27.5 Å². The Morgan fingerprint density at radius 3 is 2.15 bits per heavy atom. The molecule has 0 saturated carbocycles. The Kier molecular flexibility index (Phi) is 3.66. The third-order valence-electron chi connectivity index (χ3n) is 3.34. The quantitative estimate of drug-likeness (QED) is 0.680. The molecule has 20 heavy (non-hydrogen) atoms. The van der Waals surface area contributed by atoms with E-state index in [4.69, 9.17) is 28.3 Å². The number of fused-ring (bicyclic) bond motifs is 1. The van der Waals surface area contributed by atoms with Crippen LogP contribution in [0.4, 0.5) is 0 Å². The van der Waals surface area contributed by atoms with Crippen molar-refractivity contribution >= 4 is 34.0 Å². The maximum absolute atomic E-state index is 9.17. The predicted octanol–water partition coefficient (Wildman–Crippen LogP) is 5.31. The first kappa shape index (κ1) is 13.4. The number of benzene rings is 3. The Balaban J connectivity index is 2.18. The lowest BCUT2D eigenvalue weighted by Crippen LogP contribution is -1.85. The Morgan fingerprint density at radius 2 is 1.45 bits per heavy atom. The van der Waals surface area contributed by atoms with Crippen molar-refractivity contribution in [1.82, 2.24) is 0 Å². The predicted molar refractivity (Wildman–Crippen MR) is 85.3 cm³/mol. The highest BCUT2D eigenvalue weighted by Gasteiger charge is 2.08. The molecular weight excluding hydrogens is 291 g/mol. The molecule has 3 aromatic rings. The largest absolute Gasteiger partial charge is 0.392 e. The molecule has 0 unspecified atom stereocenters. The van der Waals surface area contributed by atoms with E-state index in [2.05, 4.69) is 6.07 Å². The van der Waals surface area contributed by atoms with Crippen LogP contribution in [-0.4, -0.2) is 5.11 Å². The van der Waals surface area contributed by atoms with E-state index < -0.39 is 0 Å². The normalized spacial score (nSPS) is 10.9. The van der Waals surface area contributed by atoms with Crippen molar-refractivity contribution in [3.05, 3.63) is 70.2 Å². The third kappa shape index (κ3) is 2.40. The van der Waals surface area contributed by atoms with Crippen molar-refractivity contribution in [2.75, 3.05) is 0 Å². The molecule has 3 rings (SSSR count). The van der Waals surface area contributed by atoms with Crippen molar-refractivity contribution in [2.45, 2.75) is 6.61 Å². The van der Waals surface area contributed by atoms with Crippen LogP contribution in [0.2, 0.25) is 10.0 Å². The SMILES string of the molecule is OCc1ccc2cc(-c3c(Cl)cccc3Cl)ccc2c1. The van der Waals surface area contributed by atoms with Gasteiger partial charge in [-0.2, -0.15) is 0 Å². The first-order valence-electron chi connectivity index (χ1n) is 6.27. The summed E-state index contributed by atoms with van der Waals surface area (Å²) in [5.41, 5.74) is 2.75. The zero-order valence-electron chi connectivity index (χ0n) is 10.6. The highest BCUT2D eigenvalue weighted by molar-refractivity contribution is 6.39. The Bertz CT molecular complexity index is 761. The monoisotopic (exact) mass is 302 g/mol. The van der Waals surface area contributed by atoms with Crippen LogP contribution in [0.5, 0.6) is 0 Å². The molecule has 1 N–H and O–H groups in total. The van der Waals surface area contributed by atoms with Crippen molar-refractivity contribution in [3.8, 4) is 11.1 Å². The highest BCUT2D eigenvalue weighted by atomic mass is 35.5. The van der Waals surface area contributed by atoms with Gasteiger partial charge in [0.2, 0.25) is 0 Å². The molecule has 0 aliphatic rings. The van der Waals surface area contributed by atoms with Crippen LogP contribution in [-0.2, 0) is 6.61 Å². The van der Waals surface area contributed by atoms with E-state index in [1.807, 2.05) is 48.5 Å². The number of halogens is 2. The second kappa shape index (κ2) is 5.45. The summed E-state index contributed by atoms with van der Waals surface area (Å²) in [7, 11) is 0. The molecule has 0 aliphatic heterocycles. The summed E-state index contributed by atoms with van der Waals surface area (Å²) in [5.74, 6) is 0. The second-order valence-electron chi connectivity index (χ2n) is 4.65. The lowest BCUT2D eigenvalue weighted by atomic mass is 10.00. The molecule has 3 heteroatoms. The van der Waals surface area contributed by atoms with Crippen LogP contribution in [0.3, 0.4) is 0 Å². The average molecular weight is 303 g/mol. The van der Waals surface area contributed by atoms with Crippen LogP contribution < -0.4 is 0 Å². The van der Waals surface area contributed by atoms with Crippen molar-refractivity contribution < 1.29 is 5.11 Å². The lowest BCUT2D eigenvalue weighted by Gasteiger charge is -2.09. The van der Waals surface area contributed by atoms with Gasteiger partial charge in [-0.15, -0.1) is 0 Å². The highest BCUT2D eigenvalue weighted by Crippen LogP contribution is 2.35. The van der Waals surface area contributed by atoms with E-state index in [1.54, 1.807) is 0 Å². The minimum atomic E-state index is 0.0496. The van der Waals surface area contributed by atoms with E-state index in [-0.39, 0.29) is 6.61 Å². The molecule has 0 spiro atoms. The van der Waals surface area contributed by atoms with Gasteiger partial charge in [-0.3, -0.25) is 0 Å². The molecule has 0 atom stereocenters. The van der Waals surface area contributed by atoms with Gasteiger partial charge in [0, 0.05) is 15.6 Å². The summed E-state index contributed by atoms with van der Waals surface area (Å²) < 4.78 is 0. The molecule has 0 heterocycles. The zero-order chi connectivity index (χ0) is 14.1. The third-order valence-corrected chi connectivity index (χ3v) is 3.97. The molecular formula is C17H12Cl2O. The van der Waals surface area contributed by atoms with Crippen LogP contribution >= 0.6 is 23.2 Å². The van der Waals surface area contributed by atoms with Gasteiger partial charge in [-0.05, 0) is 46.2 Å². The summed E-state index contributed by atoms with van der Waals surface area (Å²) in [6, 6.07) is 17.5. The number of hydrogen-bond acceptors (Lipinski definition) is 1. The smallest absolute Gasteiger partial charge is 0.0682 e. The van der Waals surface area contributed by atoms with Crippen molar-refractivity contribution in [1.29, 1.82) is 0 Å². The molecule has 3 aromatic carbocycles. The molecule has 0 radical (unpaired) electrons. The van der Waals surface area contributed by atoms with Crippen molar-refractivity contribution in [3.63, 3.8) is 0 Å². The Morgan fingerprint density at radius 1 is 0.800 bits per heavy atom. The topological polar surface area (TPSA) is 20.2 Å². The van der Waals surface area contributed by atoms with Crippen LogP contribution in [0, 0.1) is 0 Å². The molecule has 1 nitrogen and oxygen atoms in total. The van der Waals surface area contributed by atoms with Gasteiger partial charge >= 0.3 is 0 Å². The molecule has 0 saturated heterocycles. The van der Waals surface area contributed by atoms with E-state index in [1.165, 1.54) is 0 Å². The minimum absolute atomic E-state index is 0.0496. The number of rotatable bonds is 2. The van der Waals surface area contributed by atoms with E-state index >= 15 is 0 Å². The lowest BCUT2D eigenvalue weighted by molar-refractivity contribution is 0.282. The maximum Gasteiger partial charge on any atom is 0.0682 e. The standard InChI is InChI=1S/C17H12Cl2O/c18-15-2-1-3-16(19)17(15)14-7-6-12-8-11(10-20)4-5-13(12)9-14/h1-9,20H,10H2. The first-order valence-corrected chi connectivity index (χ1v) is 7.02. The van der Waals surface area contributed by atoms with Gasteiger partial charge in [0.25, 0.3) is 0 Å². The summed E-state index contributed by atoms with van der Waals surface area (Å²) in [4.78, 5) is 0. The van der Waals surface area contributed by atoms with Crippen molar-refractivity contribution in [2.24, 2.45) is 0 Å². The van der Waals surface area contributed by atoms with Crippen LogP contribution in [0.15, 0.2) is 54.6 Å².